The van der Waals surface area contributed by atoms with Gasteiger partial charge in [0.1, 0.15) is 18.3 Å². The zero-order valence-corrected chi connectivity index (χ0v) is 17.4. The largest absolute Gasteiger partial charge is 0.437 e. The second-order valence-electron chi connectivity index (χ2n) is 7.03. The van der Waals surface area contributed by atoms with E-state index >= 15 is 0 Å². The molecule has 0 radical (unpaired) electrons. The summed E-state index contributed by atoms with van der Waals surface area (Å²) in [5.74, 6) is 4.79. The lowest BCUT2D eigenvalue weighted by molar-refractivity contribution is -0.0107. The molecule has 2 aliphatic heterocycles. The molecule has 4 rings (SSSR count). The van der Waals surface area contributed by atoms with E-state index in [-0.39, 0.29) is 23.7 Å². The molecule has 7 nitrogen and oxygen atoms in total. The average Bonchev–Trinajstić information content (AvgIpc) is 3.36. The Hall–Kier alpha value is -2.33. The van der Waals surface area contributed by atoms with Crippen LogP contribution in [0.1, 0.15) is 11.5 Å². The fourth-order valence-corrected chi connectivity index (χ4v) is 4.53. The van der Waals surface area contributed by atoms with Crippen LogP contribution in [0.15, 0.2) is 44.8 Å². The van der Waals surface area contributed by atoms with Crippen LogP contribution in [0, 0.1) is 0 Å². The van der Waals surface area contributed by atoms with Gasteiger partial charge in [-0.2, -0.15) is 0 Å². The minimum atomic E-state index is -0.807. The first-order valence-corrected chi connectivity index (χ1v) is 11.2. The number of rotatable bonds is 7. The van der Waals surface area contributed by atoms with E-state index in [0.717, 1.165) is 47.3 Å². The summed E-state index contributed by atoms with van der Waals surface area (Å²) in [6, 6.07) is 5.51. The second-order valence-corrected chi connectivity index (χ2v) is 8.65. The van der Waals surface area contributed by atoms with E-state index in [9.17, 15) is 4.39 Å². The Morgan fingerprint density at radius 2 is 2.20 bits per heavy atom. The summed E-state index contributed by atoms with van der Waals surface area (Å²) in [5.41, 5.74) is 2.19. The number of aliphatic imine (C=N–C) groups is 1. The second kappa shape index (κ2) is 9.65. The van der Waals surface area contributed by atoms with E-state index < -0.39 is 12.8 Å². The number of nitrogens with zero attached hydrogens (tertiary/aromatic N) is 3. The zero-order valence-electron chi connectivity index (χ0n) is 16.6. The molecule has 2 N–H and O–H groups in total. The molecular formula is C21H25FN4O3S. The van der Waals surface area contributed by atoms with Crippen molar-refractivity contribution < 1.29 is 18.7 Å². The molecule has 0 amide bonds. The number of ether oxygens (including phenoxy) is 1. The van der Waals surface area contributed by atoms with Crippen LogP contribution in [-0.2, 0) is 11.3 Å². The van der Waals surface area contributed by atoms with Crippen LogP contribution in [0.2, 0.25) is 0 Å². The fraction of sp³-hybridized carbons (Fsp3) is 0.381. The van der Waals surface area contributed by atoms with Gasteiger partial charge in [0.15, 0.2) is 10.8 Å². The highest BCUT2D eigenvalue weighted by atomic mass is 32.2. The van der Waals surface area contributed by atoms with Crippen molar-refractivity contribution >= 4 is 38.7 Å². The molecule has 1 fully saturated rings. The number of aromatic nitrogens is 1. The Morgan fingerprint density at radius 1 is 1.37 bits per heavy atom. The maximum atomic E-state index is 12.6. The van der Waals surface area contributed by atoms with Crippen LogP contribution in [0.25, 0.3) is 17.2 Å². The van der Waals surface area contributed by atoms with Crippen LogP contribution in [0.3, 0.4) is 0 Å². The lowest BCUT2D eigenvalue weighted by Gasteiger charge is -2.29. The van der Waals surface area contributed by atoms with E-state index in [1.165, 1.54) is 0 Å². The number of hydrogen-bond acceptors (Lipinski definition) is 7. The number of nitrogens with one attached hydrogen (secondary N) is 1. The number of oxazole rings is 1. The van der Waals surface area contributed by atoms with Crippen molar-refractivity contribution in [2.45, 2.75) is 12.7 Å². The minimum Gasteiger partial charge on any atom is -0.437 e. The van der Waals surface area contributed by atoms with Gasteiger partial charge in [-0.25, -0.2) is 14.4 Å². The zero-order chi connectivity index (χ0) is 20.9. The van der Waals surface area contributed by atoms with Gasteiger partial charge in [-0.3, -0.25) is 0 Å². The van der Waals surface area contributed by atoms with Crippen molar-refractivity contribution in [3.05, 3.63) is 46.8 Å². The molecular weight excluding hydrogens is 407 g/mol. The molecule has 9 heteroatoms. The summed E-state index contributed by atoms with van der Waals surface area (Å²) in [7, 11) is -0.315. The van der Waals surface area contributed by atoms with E-state index in [4.69, 9.17) is 14.3 Å². The molecule has 0 saturated carbocycles. The lowest BCUT2D eigenvalue weighted by Crippen LogP contribution is -2.45. The highest BCUT2D eigenvalue weighted by Gasteiger charge is 2.21. The summed E-state index contributed by atoms with van der Waals surface area (Å²) >= 11 is 0. The highest BCUT2D eigenvalue weighted by molar-refractivity contribution is 8.30. The van der Waals surface area contributed by atoms with Gasteiger partial charge in [-0.1, -0.05) is 22.4 Å². The van der Waals surface area contributed by atoms with Crippen molar-refractivity contribution in [3.63, 3.8) is 0 Å². The first kappa shape index (κ1) is 20.9. The number of piperazine rings is 1. The third kappa shape index (κ3) is 4.70. The number of alkyl halides is 1. The smallest absolute Gasteiger partial charge is 0.220 e. The third-order valence-corrected chi connectivity index (χ3v) is 6.53. The van der Waals surface area contributed by atoms with E-state index in [1.54, 1.807) is 0 Å². The number of amidine groups is 1. The Kier molecular flexibility index (Phi) is 6.73. The molecule has 3 heterocycles. The predicted octanol–water partition coefficient (Wildman–Crippen LogP) is 2.51. The average molecular weight is 433 g/mol. The monoisotopic (exact) mass is 432 g/mol. The summed E-state index contributed by atoms with van der Waals surface area (Å²) in [4.78, 5) is 12.4. The number of hydrogen-bond donors (Lipinski definition) is 2. The van der Waals surface area contributed by atoms with Crippen molar-refractivity contribution in [2.75, 3.05) is 39.5 Å². The molecule has 0 bridgehead atoms. The van der Waals surface area contributed by atoms with Gasteiger partial charge in [-0.15, -0.1) is 0 Å². The summed E-state index contributed by atoms with van der Waals surface area (Å²) in [6.07, 6.45) is 4.84. The number of benzene rings is 1. The topological polar surface area (TPSA) is 83.1 Å². The Balaban J connectivity index is 1.40. The van der Waals surface area contributed by atoms with Gasteiger partial charge in [0.25, 0.3) is 0 Å². The highest BCUT2D eigenvalue weighted by Crippen LogP contribution is 2.33. The standard InChI is InChI=1S/C21H25FN4O3S/c1-30-17(12-24-21(30)26-8-6-23-7-9-26)3-5-20-25-18-4-2-15(10-19(18)29-20)14-28-16(11-22)13-27/h2-5,10,12,16,23,27H,1,6-9,11,13-14H2/b5-3+. The van der Waals surface area contributed by atoms with Crippen molar-refractivity contribution in [2.24, 2.45) is 4.99 Å². The number of fused-ring (bicyclic) bond motifs is 1. The fourth-order valence-electron chi connectivity index (χ4n) is 3.23. The number of aliphatic hydroxyl groups excluding tert-OH is 1. The normalized spacial score (nSPS) is 20.7. The van der Waals surface area contributed by atoms with Gasteiger partial charge in [0.05, 0.1) is 13.2 Å². The molecule has 0 spiro atoms. The first-order valence-electron chi connectivity index (χ1n) is 9.81. The Morgan fingerprint density at radius 3 is 2.97 bits per heavy atom. The first-order chi connectivity index (χ1) is 14.7. The van der Waals surface area contributed by atoms with Crippen LogP contribution in [0.5, 0.6) is 0 Å². The number of allylic oxidation sites excluding steroid dienone is 1. The van der Waals surface area contributed by atoms with E-state index in [0.29, 0.717) is 11.5 Å². The third-order valence-electron chi connectivity index (χ3n) is 4.92. The molecule has 2 atom stereocenters. The molecule has 2 aromatic rings. The summed E-state index contributed by atoms with van der Waals surface area (Å²) in [5, 5.41) is 13.4. The van der Waals surface area contributed by atoms with Gasteiger partial charge < -0.3 is 24.5 Å². The predicted molar refractivity (Wildman–Crippen MR) is 119 cm³/mol. The van der Waals surface area contributed by atoms with Gasteiger partial charge in [-0.05, 0) is 23.8 Å². The van der Waals surface area contributed by atoms with E-state index in [1.807, 2.05) is 36.6 Å². The van der Waals surface area contributed by atoms with Crippen LogP contribution in [-0.4, -0.2) is 71.6 Å². The van der Waals surface area contributed by atoms with Gasteiger partial charge in [0, 0.05) is 43.4 Å². The summed E-state index contributed by atoms with van der Waals surface area (Å²) in [6.45, 7) is 2.95. The van der Waals surface area contributed by atoms with Crippen LogP contribution in [0.4, 0.5) is 4.39 Å². The van der Waals surface area contributed by atoms with E-state index in [2.05, 4.69) is 26.1 Å². The number of halogens is 1. The lowest BCUT2D eigenvalue weighted by atomic mass is 10.2. The molecule has 30 heavy (non-hydrogen) atoms. The molecule has 2 unspecified atom stereocenters. The molecule has 1 aromatic heterocycles. The molecule has 160 valence electrons. The van der Waals surface area contributed by atoms with Gasteiger partial charge >= 0.3 is 0 Å². The van der Waals surface area contributed by atoms with Crippen LogP contribution >= 0.6 is 10.5 Å². The van der Waals surface area contributed by atoms with Crippen molar-refractivity contribution in [3.8, 4) is 0 Å². The summed E-state index contributed by atoms with van der Waals surface area (Å²) < 4.78 is 23.8. The molecule has 1 aromatic carbocycles. The molecule has 2 aliphatic rings. The van der Waals surface area contributed by atoms with Crippen LogP contribution < -0.4 is 5.32 Å². The van der Waals surface area contributed by atoms with Crippen molar-refractivity contribution in [1.29, 1.82) is 0 Å². The maximum Gasteiger partial charge on any atom is 0.220 e. The van der Waals surface area contributed by atoms with Gasteiger partial charge in [0.2, 0.25) is 5.89 Å². The SMILES string of the molecule is C=S1C(/C=C/c2nc3ccc(COC(CO)CF)cc3o2)=CN=C1N1CCNCC1. The molecule has 0 aliphatic carbocycles. The Labute approximate surface area is 176 Å². The maximum absolute atomic E-state index is 12.6. The quantitative estimate of drug-likeness (QED) is 0.655. The number of aliphatic hydroxyl groups is 1. The Bertz CT molecular complexity index is 1010. The van der Waals surface area contributed by atoms with Crippen molar-refractivity contribution in [1.82, 2.24) is 15.2 Å². The molecule has 1 saturated heterocycles. The minimum absolute atomic E-state index is 0.195.